The lowest BCUT2D eigenvalue weighted by Gasteiger charge is -2.20. The van der Waals surface area contributed by atoms with Gasteiger partial charge < -0.3 is 15.8 Å². The third-order valence-electron chi connectivity index (χ3n) is 3.21. The number of pyridine rings is 1. The average Bonchev–Trinajstić information content (AvgIpc) is 2.38. The molecule has 0 radical (unpaired) electrons. The number of hydrogen-bond donors (Lipinski definition) is 2. The van der Waals surface area contributed by atoms with Crippen molar-refractivity contribution < 1.29 is 9.53 Å². The molecule has 0 bridgehead atoms. The predicted octanol–water partition coefficient (Wildman–Crippen LogP) is 2.30. The summed E-state index contributed by atoms with van der Waals surface area (Å²) >= 11 is 0. The Balaban J connectivity index is 2.88. The maximum atomic E-state index is 11.5. The molecule has 0 aliphatic carbocycles. The number of carbonyl (C=O) groups is 1. The number of nitrogen functional groups attached to an aromatic ring is 1. The van der Waals surface area contributed by atoms with E-state index in [1.807, 2.05) is 0 Å². The Labute approximate surface area is 108 Å². The molecule has 3 N–H and O–H groups in total. The Morgan fingerprint density at radius 1 is 1.56 bits per heavy atom. The SMILES string of the molecule is CCC(C)C(C)Nc1cc(C(=O)OC)c(N)cn1. The number of nitrogens with two attached hydrogens (primary N) is 1. The fourth-order valence-electron chi connectivity index (χ4n) is 1.56. The highest BCUT2D eigenvalue weighted by molar-refractivity contribution is 5.95. The zero-order valence-electron chi connectivity index (χ0n) is 11.4. The smallest absolute Gasteiger partial charge is 0.340 e. The lowest BCUT2D eigenvalue weighted by Crippen LogP contribution is -2.24. The zero-order valence-corrected chi connectivity index (χ0v) is 11.4. The van der Waals surface area contributed by atoms with Gasteiger partial charge in [-0.15, -0.1) is 0 Å². The van der Waals surface area contributed by atoms with Crippen LogP contribution in [0.2, 0.25) is 0 Å². The summed E-state index contributed by atoms with van der Waals surface area (Å²) in [5.74, 6) is 0.706. The predicted molar refractivity (Wildman–Crippen MR) is 72.5 cm³/mol. The van der Waals surface area contributed by atoms with Crippen LogP contribution in [0.3, 0.4) is 0 Å². The van der Waals surface area contributed by atoms with Gasteiger partial charge in [0, 0.05) is 6.04 Å². The number of esters is 1. The van der Waals surface area contributed by atoms with E-state index in [4.69, 9.17) is 5.73 Å². The van der Waals surface area contributed by atoms with Gasteiger partial charge in [-0.25, -0.2) is 9.78 Å². The van der Waals surface area contributed by atoms with Gasteiger partial charge in [-0.3, -0.25) is 0 Å². The molecule has 1 aromatic rings. The van der Waals surface area contributed by atoms with Crippen molar-refractivity contribution in [1.29, 1.82) is 0 Å². The summed E-state index contributed by atoms with van der Waals surface area (Å²) in [7, 11) is 1.33. The van der Waals surface area contributed by atoms with E-state index in [0.29, 0.717) is 23.0 Å². The fraction of sp³-hybridized carbons (Fsp3) is 0.538. The normalized spacial score (nSPS) is 13.8. The molecule has 1 rings (SSSR count). The van der Waals surface area contributed by atoms with E-state index in [1.165, 1.54) is 13.3 Å². The molecular formula is C13H21N3O2. The van der Waals surface area contributed by atoms with E-state index in [0.717, 1.165) is 6.42 Å². The van der Waals surface area contributed by atoms with Crippen LogP contribution in [-0.4, -0.2) is 24.1 Å². The summed E-state index contributed by atoms with van der Waals surface area (Å²) in [4.78, 5) is 15.7. The molecule has 0 aromatic carbocycles. The average molecular weight is 251 g/mol. The summed E-state index contributed by atoms with van der Waals surface area (Å²) in [5, 5.41) is 3.26. The molecule has 0 aliphatic rings. The molecule has 5 nitrogen and oxygen atoms in total. The van der Waals surface area contributed by atoms with Gasteiger partial charge in [0.05, 0.1) is 24.6 Å². The first-order valence-corrected chi connectivity index (χ1v) is 6.10. The summed E-state index contributed by atoms with van der Waals surface area (Å²) < 4.78 is 4.67. The zero-order chi connectivity index (χ0) is 13.7. The van der Waals surface area contributed by atoms with E-state index in [2.05, 4.69) is 35.8 Å². The molecule has 18 heavy (non-hydrogen) atoms. The van der Waals surface area contributed by atoms with Gasteiger partial charge in [0.2, 0.25) is 0 Å². The molecule has 5 heteroatoms. The minimum absolute atomic E-state index is 0.275. The van der Waals surface area contributed by atoms with E-state index in [9.17, 15) is 4.79 Å². The fourth-order valence-corrected chi connectivity index (χ4v) is 1.56. The van der Waals surface area contributed by atoms with Crippen molar-refractivity contribution >= 4 is 17.5 Å². The number of anilines is 2. The van der Waals surface area contributed by atoms with Crippen LogP contribution in [0, 0.1) is 5.92 Å². The van der Waals surface area contributed by atoms with Gasteiger partial charge in [0.1, 0.15) is 5.82 Å². The van der Waals surface area contributed by atoms with Crippen LogP contribution in [0.1, 0.15) is 37.6 Å². The third-order valence-corrected chi connectivity index (χ3v) is 3.21. The van der Waals surface area contributed by atoms with Crippen LogP contribution in [0.25, 0.3) is 0 Å². The number of methoxy groups -OCH3 is 1. The number of hydrogen-bond acceptors (Lipinski definition) is 5. The molecule has 0 saturated heterocycles. The number of carbonyl (C=O) groups excluding carboxylic acids is 1. The Morgan fingerprint density at radius 2 is 2.22 bits per heavy atom. The molecule has 0 fully saturated rings. The lowest BCUT2D eigenvalue weighted by atomic mass is 10.0. The minimum atomic E-state index is -0.450. The Bertz CT molecular complexity index is 421. The van der Waals surface area contributed by atoms with Gasteiger partial charge >= 0.3 is 5.97 Å². The van der Waals surface area contributed by atoms with E-state index < -0.39 is 5.97 Å². The van der Waals surface area contributed by atoms with Crippen LogP contribution in [0.4, 0.5) is 11.5 Å². The van der Waals surface area contributed by atoms with E-state index in [-0.39, 0.29) is 6.04 Å². The minimum Gasteiger partial charge on any atom is -0.465 e. The van der Waals surface area contributed by atoms with Gasteiger partial charge in [0.15, 0.2) is 0 Å². The van der Waals surface area contributed by atoms with E-state index >= 15 is 0 Å². The molecule has 0 amide bonds. The van der Waals surface area contributed by atoms with Gasteiger partial charge in [-0.05, 0) is 18.9 Å². The molecule has 0 saturated carbocycles. The van der Waals surface area contributed by atoms with Crippen molar-refractivity contribution in [3.63, 3.8) is 0 Å². The summed E-state index contributed by atoms with van der Waals surface area (Å²) in [6, 6.07) is 1.90. The largest absolute Gasteiger partial charge is 0.465 e. The Morgan fingerprint density at radius 3 is 2.78 bits per heavy atom. The number of ether oxygens (including phenoxy) is 1. The number of nitrogens with one attached hydrogen (secondary N) is 1. The van der Waals surface area contributed by atoms with Crippen LogP contribution < -0.4 is 11.1 Å². The molecular weight excluding hydrogens is 230 g/mol. The van der Waals surface area contributed by atoms with Gasteiger partial charge in [-0.1, -0.05) is 20.3 Å². The molecule has 1 heterocycles. The monoisotopic (exact) mass is 251 g/mol. The quantitative estimate of drug-likeness (QED) is 0.785. The van der Waals surface area contributed by atoms with Crippen LogP contribution in [-0.2, 0) is 4.74 Å². The summed E-state index contributed by atoms with van der Waals surface area (Å²) in [6.07, 6.45) is 2.55. The standard InChI is InChI=1S/C13H21N3O2/c1-5-8(2)9(3)16-12-6-10(13(17)18-4)11(14)7-15-12/h6-9H,5,14H2,1-4H3,(H,15,16). The Kier molecular flexibility index (Phi) is 4.95. The van der Waals surface area contributed by atoms with Crippen molar-refractivity contribution in [2.45, 2.75) is 33.2 Å². The van der Waals surface area contributed by atoms with Crippen LogP contribution in [0.15, 0.2) is 12.3 Å². The Hall–Kier alpha value is -1.78. The van der Waals surface area contributed by atoms with Crippen molar-refractivity contribution in [2.24, 2.45) is 5.92 Å². The second kappa shape index (κ2) is 6.23. The molecule has 0 aliphatic heterocycles. The summed E-state index contributed by atoms with van der Waals surface area (Å²) in [5.41, 5.74) is 6.35. The van der Waals surface area contributed by atoms with Crippen LogP contribution in [0.5, 0.6) is 0 Å². The lowest BCUT2D eigenvalue weighted by molar-refractivity contribution is 0.0602. The molecule has 2 atom stereocenters. The van der Waals surface area contributed by atoms with Gasteiger partial charge in [0.25, 0.3) is 0 Å². The van der Waals surface area contributed by atoms with Crippen molar-refractivity contribution in [3.05, 3.63) is 17.8 Å². The molecule has 100 valence electrons. The first-order chi connectivity index (χ1) is 8.49. The highest BCUT2D eigenvalue weighted by atomic mass is 16.5. The summed E-state index contributed by atoms with van der Waals surface area (Å²) in [6.45, 7) is 6.39. The highest BCUT2D eigenvalue weighted by Gasteiger charge is 2.14. The van der Waals surface area contributed by atoms with Crippen LogP contribution >= 0.6 is 0 Å². The third kappa shape index (κ3) is 3.35. The first kappa shape index (κ1) is 14.3. The maximum Gasteiger partial charge on any atom is 0.340 e. The second-order valence-electron chi connectivity index (χ2n) is 4.47. The van der Waals surface area contributed by atoms with Crippen molar-refractivity contribution in [2.75, 3.05) is 18.2 Å². The molecule has 2 unspecified atom stereocenters. The first-order valence-electron chi connectivity index (χ1n) is 6.10. The highest BCUT2D eigenvalue weighted by Crippen LogP contribution is 2.18. The second-order valence-corrected chi connectivity index (χ2v) is 4.47. The van der Waals surface area contributed by atoms with Crippen molar-refractivity contribution in [3.8, 4) is 0 Å². The topological polar surface area (TPSA) is 77.2 Å². The van der Waals surface area contributed by atoms with E-state index in [1.54, 1.807) is 6.07 Å². The molecule has 0 spiro atoms. The molecule has 1 aromatic heterocycles. The number of nitrogens with zero attached hydrogens (tertiary/aromatic N) is 1. The number of aromatic nitrogens is 1. The van der Waals surface area contributed by atoms with Gasteiger partial charge in [-0.2, -0.15) is 0 Å². The van der Waals surface area contributed by atoms with Crippen molar-refractivity contribution in [1.82, 2.24) is 4.98 Å². The number of rotatable bonds is 5. The maximum absolute atomic E-state index is 11.5.